The molecule has 5 heteroatoms. The molecule has 0 fully saturated rings. The van der Waals surface area contributed by atoms with E-state index in [0.717, 1.165) is 22.4 Å². The van der Waals surface area contributed by atoms with E-state index in [4.69, 9.17) is 5.26 Å². The molecule has 0 N–H and O–H groups in total. The normalized spacial score (nSPS) is 10.7. The summed E-state index contributed by atoms with van der Waals surface area (Å²) in [7, 11) is 0. The van der Waals surface area contributed by atoms with Gasteiger partial charge in [0.25, 0.3) is 5.56 Å². The van der Waals surface area contributed by atoms with Crippen LogP contribution in [0.1, 0.15) is 19.2 Å². The topological polar surface area (TPSA) is 58.7 Å². The SMILES string of the molecule is CCCc1nc2scc(-c3ccccc3)c2c(=O)n1CC#N. The number of thiophene rings is 1. The standard InChI is InChI=1S/C17H15N3OS/c1-2-6-14-19-16-15(17(21)20(14)10-9-18)13(11-22-16)12-7-4-3-5-8-12/h3-5,7-8,11H,2,6,10H2,1H3. The summed E-state index contributed by atoms with van der Waals surface area (Å²) in [5, 5.41) is 11.6. The number of hydrogen-bond donors (Lipinski definition) is 0. The summed E-state index contributed by atoms with van der Waals surface area (Å²) in [6, 6.07) is 11.9. The lowest BCUT2D eigenvalue weighted by Gasteiger charge is -2.09. The molecule has 0 saturated carbocycles. The van der Waals surface area contributed by atoms with Gasteiger partial charge in [0.2, 0.25) is 0 Å². The first-order chi connectivity index (χ1) is 10.8. The molecule has 110 valence electrons. The van der Waals surface area contributed by atoms with Crippen LogP contribution in [0.15, 0.2) is 40.5 Å². The van der Waals surface area contributed by atoms with Gasteiger partial charge in [-0.25, -0.2) is 4.98 Å². The molecule has 0 spiro atoms. The highest BCUT2D eigenvalue weighted by Crippen LogP contribution is 2.30. The summed E-state index contributed by atoms with van der Waals surface area (Å²) in [6.45, 7) is 2.08. The highest BCUT2D eigenvalue weighted by Gasteiger charge is 2.16. The van der Waals surface area contributed by atoms with Crippen LogP contribution in [0.25, 0.3) is 21.3 Å². The maximum absolute atomic E-state index is 12.8. The van der Waals surface area contributed by atoms with E-state index < -0.39 is 0 Å². The van der Waals surface area contributed by atoms with E-state index in [2.05, 4.69) is 11.1 Å². The third-order valence-electron chi connectivity index (χ3n) is 3.56. The number of benzene rings is 1. The van der Waals surface area contributed by atoms with Crippen molar-refractivity contribution in [2.45, 2.75) is 26.3 Å². The van der Waals surface area contributed by atoms with Crippen molar-refractivity contribution in [2.75, 3.05) is 0 Å². The minimum atomic E-state index is -0.116. The molecule has 0 aliphatic rings. The Hall–Kier alpha value is -2.45. The minimum Gasteiger partial charge on any atom is -0.282 e. The molecule has 22 heavy (non-hydrogen) atoms. The van der Waals surface area contributed by atoms with Gasteiger partial charge in [-0.3, -0.25) is 9.36 Å². The van der Waals surface area contributed by atoms with Crippen LogP contribution in [0.2, 0.25) is 0 Å². The van der Waals surface area contributed by atoms with Crippen LogP contribution in [-0.4, -0.2) is 9.55 Å². The first-order valence-electron chi connectivity index (χ1n) is 7.19. The molecule has 1 aromatic carbocycles. The second-order valence-corrected chi connectivity index (χ2v) is 5.88. The van der Waals surface area contributed by atoms with Crippen molar-refractivity contribution in [3.63, 3.8) is 0 Å². The van der Waals surface area contributed by atoms with Crippen LogP contribution in [0, 0.1) is 11.3 Å². The molecule has 0 unspecified atom stereocenters. The maximum Gasteiger partial charge on any atom is 0.263 e. The van der Waals surface area contributed by atoms with E-state index in [1.54, 1.807) is 0 Å². The third kappa shape index (κ3) is 2.42. The largest absolute Gasteiger partial charge is 0.282 e. The van der Waals surface area contributed by atoms with E-state index in [1.807, 2.05) is 42.6 Å². The lowest BCUT2D eigenvalue weighted by Crippen LogP contribution is -2.24. The zero-order valence-corrected chi connectivity index (χ0v) is 13.1. The minimum absolute atomic E-state index is 0.0428. The molecule has 0 amide bonds. The van der Waals surface area contributed by atoms with Gasteiger partial charge in [-0.05, 0) is 12.0 Å². The van der Waals surface area contributed by atoms with E-state index in [1.165, 1.54) is 15.9 Å². The summed E-state index contributed by atoms with van der Waals surface area (Å²) in [5.74, 6) is 0.697. The van der Waals surface area contributed by atoms with E-state index in [9.17, 15) is 4.79 Å². The maximum atomic E-state index is 12.8. The quantitative estimate of drug-likeness (QED) is 0.740. The molecule has 2 heterocycles. The average Bonchev–Trinajstić information content (AvgIpc) is 2.96. The lowest BCUT2D eigenvalue weighted by molar-refractivity contribution is 0.682. The number of hydrogen-bond acceptors (Lipinski definition) is 4. The van der Waals surface area contributed by atoms with Gasteiger partial charge in [-0.1, -0.05) is 37.3 Å². The van der Waals surface area contributed by atoms with Gasteiger partial charge in [0.15, 0.2) is 0 Å². The Morgan fingerprint density at radius 1 is 1.32 bits per heavy atom. The first-order valence-corrected chi connectivity index (χ1v) is 8.07. The summed E-state index contributed by atoms with van der Waals surface area (Å²) < 4.78 is 1.50. The molecular formula is C17H15N3OS. The average molecular weight is 309 g/mol. The molecular weight excluding hydrogens is 294 g/mol. The number of nitrogens with zero attached hydrogens (tertiary/aromatic N) is 3. The molecule has 0 saturated heterocycles. The number of aromatic nitrogens is 2. The number of rotatable bonds is 4. The van der Waals surface area contributed by atoms with Crippen LogP contribution >= 0.6 is 11.3 Å². The summed E-state index contributed by atoms with van der Waals surface area (Å²) >= 11 is 1.48. The molecule has 0 aliphatic heterocycles. The molecule has 0 atom stereocenters. The Labute approximate surface area is 132 Å². The number of fused-ring (bicyclic) bond motifs is 1. The monoisotopic (exact) mass is 309 g/mol. The zero-order chi connectivity index (χ0) is 15.5. The van der Waals surface area contributed by atoms with Crippen molar-refractivity contribution >= 4 is 21.6 Å². The first kappa shape index (κ1) is 14.5. The second-order valence-electron chi connectivity index (χ2n) is 5.02. The van der Waals surface area contributed by atoms with Gasteiger partial charge in [-0.15, -0.1) is 11.3 Å². The highest BCUT2D eigenvalue weighted by molar-refractivity contribution is 7.17. The van der Waals surface area contributed by atoms with Crippen molar-refractivity contribution in [2.24, 2.45) is 0 Å². The van der Waals surface area contributed by atoms with E-state index in [-0.39, 0.29) is 12.1 Å². The third-order valence-corrected chi connectivity index (χ3v) is 4.43. The highest BCUT2D eigenvalue weighted by atomic mass is 32.1. The van der Waals surface area contributed by atoms with E-state index >= 15 is 0 Å². The lowest BCUT2D eigenvalue weighted by atomic mass is 10.1. The van der Waals surface area contributed by atoms with Gasteiger partial charge in [0, 0.05) is 17.4 Å². The fraction of sp³-hybridized carbons (Fsp3) is 0.235. The van der Waals surface area contributed by atoms with Gasteiger partial charge in [0.05, 0.1) is 11.5 Å². The number of nitriles is 1. The summed E-state index contributed by atoms with van der Waals surface area (Å²) in [4.78, 5) is 18.2. The predicted molar refractivity (Wildman–Crippen MR) is 88.9 cm³/mol. The summed E-state index contributed by atoms with van der Waals surface area (Å²) in [6.07, 6.45) is 1.59. The fourth-order valence-corrected chi connectivity index (χ4v) is 3.50. The molecule has 0 bridgehead atoms. The Balaban J connectivity index is 2.30. The van der Waals surface area contributed by atoms with Gasteiger partial charge in [-0.2, -0.15) is 5.26 Å². The Morgan fingerprint density at radius 3 is 2.77 bits per heavy atom. The Bertz CT molecular complexity index is 903. The molecule has 3 aromatic rings. The fourth-order valence-electron chi connectivity index (χ4n) is 2.54. The number of aryl methyl sites for hydroxylation is 1. The van der Waals surface area contributed by atoms with Gasteiger partial charge < -0.3 is 0 Å². The van der Waals surface area contributed by atoms with Crippen molar-refractivity contribution in [3.8, 4) is 17.2 Å². The van der Waals surface area contributed by atoms with E-state index in [0.29, 0.717) is 17.6 Å². The van der Waals surface area contributed by atoms with Crippen LogP contribution in [0.5, 0.6) is 0 Å². The van der Waals surface area contributed by atoms with Crippen LogP contribution < -0.4 is 5.56 Å². The molecule has 0 aliphatic carbocycles. The summed E-state index contributed by atoms with van der Waals surface area (Å²) in [5.41, 5.74) is 1.78. The Morgan fingerprint density at radius 2 is 2.09 bits per heavy atom. The van der Waals surface area contributed by atoms with Gasteiger partial charge >= 0.3 is 0 Å². The van der Waals surface area contributed by atoms with Gasteiger partial charge in [0.1, 0.15) is 17.2 Å². The van der Waals surface area contributed by atoms with Crippen molar-refractivity contribution in [1.82, 2.24) is 9.55 Å². The van der Waals surface area contributed by atoms with Crippen LogP contribution in [0.4, 0.5) is 0 Å². The van der Waals surface area contributed by atoms with Crippen LogP contribution in [-0.2, 0) is 13.0 Å². The molecule has 0 radical (unpaired) electrons. The van der Waals surface area contributed by atoms with Crippen LogP contribution in [0.3, 0.4) is 0 Å². The molecule has 4 nitrogen and oxygen atoms in total. The smallest absolute Gasteiger partial charge is 0.263 e. The Kier molecular flexibility index (Phi) is 4.03. The molecule has 3 rings (SSSR count). The van der Waals surface area contributed by atoms with Crippen molar-refractivity contribution in [3.05, 3.63) is 51.9 Å². The predicted octanol–water partition coefficient (Wildman–Crippen LogP) is 3.60. The van der Waals surface area contributed by atoms with Crippen molar-refractivity contribution < 1.29 is 0 Å². The molecule has 2 aromatic heterocycles. The second kappa shape index (κ2) is 6.12. The van der Waals surface area contributed by atoms with Crippen molar-refractivity contribution in [1.29, 1.82) is 5.26 Å². The zero-order valence-electron chi connectivity index (χ0n) is 12.2.